The summed E-state index contributed by atoms with van der Waals surface area (Å²) in [6.07, 6.45) is 3.62. The van der Waals surface area contributed by atoms with E-state index in [1.54, 1.807) is 13.3 Å². The molecule has 1 N–H and O–H groups in total. The van der Waals surface area contributed by atoms with E-state index in [0.29, 0.717) is 18.0 Å². The highest BCUT2D eigenvalue weighted by Gasteiger charge is 2.32. The van der Waals surface area contributed by atoms with Crippen molar-refractivity contribution in [2.75, 3.05) is 20.2 Å². The maximum absolute atomic E-state index is 12.7. The fraction of sp³-hybridized carbons (Fsp3) is 0.474. The van der Waals surface area contributed by atoms with Crippen LogP contribution in [-0.4, -0.2) is 47.3 Å². The number of hydrogen-bond donors (Lipinski definition) is 1. The summed E-state index contributed by atoms with van der Waals surface area (Å²) in [5.74, 6) is 0.476. The molecule has 1 aromatic heterocycles. The van der Waals surface area contributed by atoms with Crippen LogP contribution in [0.1, 0.15) is 33.6 Å². The van der Waals surface area contributed by atoms with Crippen molar-refractivity contribution in [3.8, 4) is 0 Å². The molecule has 0 spiro atoms. The third kappa shape index (κ3) is 3.51. The maximum Gasteiger partial charge on any atom is 0.257 e. The monoisotopic (exact) mass is 327 g/mol. The summed E-state index contributed by atoms with van der Waals surface area (Å²) in [5.41, 5.74) is 4.08. The van der Waals surface area contributed by atoms with Crippen molar-refractivity contribution in [2.24, 2.45) is 5.92 Å². The minimum Gasteiger partial charge on any atom is -0.379 e. The van der Waals surface area contributed by atoms with Crippen molar-refractivity contribution in [1.29, 1.82) is 0 Å². The van der Waals surface area contributed by atoms with E-state index in [2.05, 4.69) is 41.4 Å². The number of amides is 1. The lowest BCUT2D eigenvalue weighted by Crippen LogP contribution is -2.48. The molecule has 5 heteroatoms. The van der Waals surface area contributed by atoms with Crippen LogP contribution in [0.25, 0.3) is 0 Å². The minimum atomic E-state index is 0.0390. The second-order valence-corrected chi connectivity index (χ2v) is 6.67. The van der Waals surface area contributed by atoms with Gasteiger partial charge in [-0.05, 0) is 38.2 Å². The van der Waals surface area contributed by atoms with Crippen LogP contribution >= 0.6 is 0 Å². The Morgan fingerprint density at radius 3 is 2.71 bits per heavy atom. The number of aryl methyl sites for hydroxylation is 2. The molecular formula is C19H25N3O2. The number of nitrogens with zero attached hydrogens (tertiary/aromatic N) is 2. The van der Waals surface area contributed by atoms with Crippen molar-refractivity contribution in [2.45, 2.75) is 32.8 Å². The van der Waals surface area contributed by atoms with Crippen LogP contribution in [0.5, 0.6) is 0 Å². The van der Waals surface area contributed by atoms with Gasteiger partial charge in [-0.15, -0.1) is 0 Å². The Hall–Kier alpha value is -2.14. The third-order valence-electron chi connectivity index (χ3n) is 4.96. The average molecular weight is 327 g/mol. The summed E-state index contributed by atoms with van der Waals surface area (Å²) in [7, 11) is 1.74. The highest BCUT2D eigenvalue weighted by Crippen LogP contribution is 2.25. The van der Waals surface area contributed by atoms with Crippen LogP contribution in [0, 0.1) is 19.8 Å². The minimum absolute atomic E-state index is 0.0390. The lowest BCUT2D eigenvalue weighted by atomic mass is 9.87. The molecule has 0 bridgehead atoms. The van der Waals surface area contributed by atoms with Gasteiger partial charge in [0.15, 0.2) is 0 Å². The number of H-pyrrole nitrogens is 1. The highest BCUT2D eigenvalue weighted by molar-refractivity contribution is 5.95. The number of piperidine rings is 1. The molecule has 0 saturated carbocycles. The molecule has 0 aliphatic carbocycles. The van der Waals surface area contributed by atoms with Crippen LogP contribution in [0.15, 0.2) is 30.5 Å². The van der Waals surface area contributed by atoms with Gasteiger partial charge in [0.25, 0.3) is 5.91 Å². The molecular weight excluding hydrogens is 302 g/mol. The zero-order valence-electron chi connectivity index (χ0n) is 14.6. The molecule has 0 unspecified atom stereocenters. The van der Waals surface area contributed by atoms with E-state index < -0.39 is 0 Å². The van der Waals surface area contributed by atoms with Gasteiger partial charge in [-0.1, -0.05) is 29.8 Å². The zero-order valence-corrected chi connectivity index (χ0v) is 14.6. The largest absolute Gasteiger partial charge is 0.379 e. The Bertz CT molecular complexity index is 693. The molecule has 1 aromatic carbocycles. The van der Waals surface area contributed by atoms with E-state index in [9.17, 15) is 4.79 Å². The zero-order chi connectivity index (χ0) is 17.1. The van der Waals surface area contributed by atoms with Gasteiger partial charge in [0.1, 0.15) is 0 Å². The highest BCUT2D eigenvalue weighted by atomic mass is 16.5. The van der Waals surface area contributed by atoms with Crippen LogP contribution in [0.4, 0.5) is 0 Å². The second kappa shape index (κ2) is 7.18. The first kappa shape index (κ1) is 16.7. The Balaban J connectivity index is 1.66. The Labute approximate surface area is 143 Å². The molecule has 128 valence electrons. The topological polar surface area (TPSA) is 58.2 Å². The first-order chi connectivity index (χ1) is 11.6. The SMILES string of the molecule is CO[C@@H]1CN(C(=O)c2cn[nH]c2C)CC[C@@H]1Cc1ccc(C)cc1. The van der Waals surface area contributed by atoms with Crippen molar-refractivity contribution in [3.63, 3.8) is 0 Å². The van der Waals surface area contributed by atoms with Gasteiger partial charge in [-0.25, -0.2) is 0 Å². The summed E-state index contributed by atoms with van der Waals surface area (Å²) in [4.78, 5) is 14.5. The summed E-state index contributed by atoms with van der Waals surface area (Å²) >= 11 is 0. The lowest BCUT2D eigenvalue weighted by Gasteiger charge is -2.38. The number of methoxy groups -OCH3 is 1. The van der Waals surface area contributed by atoms with Crippen LogP contribution in [0.3, 0.4) is 0 Å². The van der Waals surface area contributed by atoms with Gasteiger partial charge >= 0.3 is 0 Å². The van der Waals surface area contributed by atoms with Crippen molar-refractivity contribution in [1.82, 2.24) is 15.1 Å². The molecule has 1 amide bonds. The molecule has 5 nitrogen and oxygen atoms in total. The maximum atomic E-state index is 12.7. The van der Waals surface area contributed by atoms with E-state index in [0.717, 1.165) is 25.1 Å². The predicted octanol–water partition coefficient (Wildman–Crippen LogP) is 2.75. The average Bonchev–Trinajstić information content (AvgIpc) is 3.02. The molecule has 3 rings (SSSR count). The van der Waals surface area contributed by atoms with Gasteiger partial charge in [-0.2, -0.15) is 5.10 Å². The molecule has 1 fully saturated rings. The molecule has 24 heavy (non-hydrogen) atoms. The van der Waals surface area contributed by atoms with E-state index in [4.69, 9.17) is 4.74 Å². The third-order valence-corrected chi connectivity index (χ3v) is 4.96. The number of nitrogens with one attached hydrogen (secondary N) is 1. The number of aromatic nitrogens is 2. The number of likely N-dealkylation sites (tertiary alicyclic amines) is 1. The summed E-state index contributed by atoms with van der Waals surface area (Å²) in [6.45, 7) is 5.37. The van der Waals surface area contributed by atoms with E-state index in [1.165, 1.54) is 11.1 Å². The van der Waals surface area contributed by atoms with Crippen molar-refractivity contribution >= 4 is 5.91 Å². The van der Waals surface area contributed by atoms with Gasteiger partial charge in [0, 0.05) is 25.9 Å². The van der Waals surface area contributed by atoms with Crippen LogP contribution < -0.4 is 0 Å². The summed E-state index contributed by atoms with van der Waals surface area (Å²) in [5, 5.41) is 6.78. The Kier molecular flexibility index (Phi) is 5.00. The fourth-order valence-corrected chi connectivity index (χ4v) is 3.41. The quantitative estimate of drug-likeness (QED) is 0.939. The lowest BCUT2D eigenvalue weighted by molar-refractivity contribution is -0.00699. The van der Waals surface area contributed by atoms with Gasteiger partial charge < -0.3 is 9.64 Å². The first-order valence-corrected chi connectivity index (χ1v) is 8.46. The van der Waals surface area contributed by atoms with E-state index in [1.807, 2.05) is 11.8 Å². The van der Waals surface area contributed by atoms with Gasteiger partial charge in [-0.3, -0.25) is 9.89 Å². The van der Waals surface area contributed by atoms with E-state index >= 15 is 0 Å². The van der Waals surface area contributed by atoms with Crippen LogP contribution in [0.2, 0.25) is 0 Å². The first-order valence-electron chi connectivity index (χ1n) is 8.46. The molecule has 2 aromatic rings. The Morgan fingerprint density at radius 2 is 2.08 bits per heavy atom. The van der Waals surface area contributed by atoms with Gasteiger partial charge in [0.05, 0.1) is 17.9 Å². The standard InChI is InChI=1S/C19H25N3O2/c1-13-4-6-15(7-5-13)10-16-8-9-22(12-18(16)24-3)19(23)17-11-20-21-14(17)2/h4-7,11,16,18H,8-10,12H2,1-3H3,(H,20,21)/t16-,18-/m1/s1. The Morgan fingerprint density at radius 1 is 1.33 bits per heavy atom. The fourth-order valence-electron chi connectivity index (χ4n) is 3.41. The number of hydrogen-bond acceptors (Lipinski definition) is 3. The number of aromatic amines is 1. The molecule has 0 radical (unpaired) electrons. The predicted molar refractivity (Wildman–Crippen MR) is 93.0 cm³/mol. The molecule has 1 aliphatic rings. The number of carbonyl (C=O) groups is 1. The summed E-state index contributed by atoms with van der Waals surface area (Å²) < 4.78 is 5.71. The molecule has 1 aliphatic heterocycles. The normalized spacial score (nSPS) is 21.0. The van der Waals surface area contributed by atoms with Crippen molar-refractivity contribution < 1.29 is 9.53 Å². The smallest absolute Gasteiger partial charge is 0.257 e. The molecule has 2 atom stereocenters. The number of ether oxygens (including phenoxy) is 1. The van der Waals surface area contributed by atoms with E-state index in [-0.39, 0.29) is 12.0 Å². The van der Waals surface area contributed by atoms with Gasteiger partial charge in [0.2, 0.25) is 0 Å². The summed E-state index contributed by atoms with van der Waals surface area (Å²) in [6, 6.07) is 8.68. The van der Waals surface area contributed by atoms with Crippen molar-refractivity contribution in [3.05, 3.63) is 52.8 Å². The number of rotatable bonds is 4. The second-order valence-electron chi connectivity index (χ2n) is 6.67. The van der Waals surface area contributed by atoms with Crippen LogP contribution in [-0.2, 0) is 11.2 Å². The molecule has 2 heterocycles. The number of benzene rings is 1. The number of carbonyl (C=O) groups excluding carboxylic acids is 1. The molecule has 1 saturated heterocycles.